The third-order valence-electron chi connectivity index (χ3n) is 4.04. The van der Waals surface area contributed by atoms with Crippen LogP contribution in [0.25, 0.3) is 0 Å². The van der Waals surface area contributed by atoms with E-state index in [-0.39, 0.29) is 11.9 Å². The fourth-order valence-corrected chi connectivity index (χ4v) is 2.58. The van der Waals surface area contributed by atoms with E-state index in [0.29, 0.717) is 26.1 Å². The van der Waals surface area contributed by atoms with Crippen molar-refractivity contribution in [3.63, 3.8) is 0 Å². The van der Waals surface area contributed by atoms with Crippen LogP contribution in [0.1, 0.15) is 59.8 Å². The van der Waals surface area contributed by atoms with Crippen LogP contribution < -0.4 is 5.32 Å². The molecule has 0 aromatic carbocycles. The molecule has 0 aromatic rings. The monoisotopic (exact) mass is 370 g/mol. The van der Waals surface area contributed by atoms with E-state index in [1.165, 1.54) is 0 Å². The molecule has 0 aliphatic heterocycles. The molecule has 7 heteroatoms. The first-order chi connectivity index (χ1) is 12.5. The van der Waals surface area contributed by atoms with E-state index in [0.717, 1.165) is 51.3 Å². The second-order valence-electron chi connectivity index (χ2n) is 6.13. The summed E-state index contributed by atoms with van der Waals surface area (Å²) in [5.41, 5.74) is 0. The average Bonchev–Trinajstić information content (AvgIpc) is 2.61. The Morgan fingerprint density at radius 3 is 2.23 bits per heavy atom. The first kappa shape index (κ1) is 24.2. The standard InChI is InChI=1S/C19H38N4O3/c1-6-20-19(22(5)16-17(24)23(7-2)8-3)21-15-13-11-10-12-14-18(25)26-9-4/h6-16H2,1-5H3,(H,20,21). The zero-order valence-corrected chi connectivity index (χ0v) is 17.3. The van der Waals surface area contributed by atoms with Crippen LogP contribution in [0.3, 0.4) is 0 Å². The number of guanidine groups is 1. The average molecular weight is 371 g/mol. The third kappa shape index (κ3) is 10.9. The van der Waals surface area contributed by atoms with Gasteiger partial charge < -0.3 is 19.9 Å². The van der Waals surface area contributed by atoms with Crippen LogP contribution in [0, 0.1) is 0 Å². The highest BCUT2D eigenvalue weighted by atomic mass is 16.5. The summed E-state index contributed by atoms with van der Waals surface area (Å²) >= 11 is 0. The topological polar surface area (TPSA) is 74.2 Å². The summed E-state index contributed by atoms with van der Waals surface area (Å²) in [6, 6.07) is 0. The predicted octanol–water partition coefficient (Wildman–Crippen LogP) is 2.27. The highest BCUT2D eigenvalue weighted by molar-refractivity contribution is 5.86. The van der Waals surface area contributed by atoms with Gasteiger partial charge in [0.05, 0.1) is 13.2 Å². The third-order valence-corrected chi connectivity index (χ3v) is 4.04. The van der Waals surface area contributed by atoms with Crippen LogP contribution in [-0.4, -0.2) is 74.0 Å². The van der Waals surface area contributed by atoms with E-state index >= 15 is 0 Å². The van der Waals surface area contributed by atoms with E-state index < -0.39 is 0 Å². The lowest BCUT2D eigenvalue weighted by molar-refractivity contribution is -0.143. The van der Waals surface area contributed by atoms with E-state index in [1.54, 1.807) is 0 Å². The van der Waals surface area contributed by atoms with Gasteiger partial charge in [0.2, 0.25) is 5.91 Å². The molecule has 0 rings (SSSR count). The first-order valence-corrected chi connectivity index (χ1v) is 9.92. The molecule has 26 heavy (non-hydrogen) atoms. The van der Waals surface area contributed by atoms with Crippen molar-refractivity contribution in [2.24, 2.45) is 4.99 Å². The smallest absolute Gasteiger partial charge is 0.305 e. The van der Waals surface area contributed by atoms with E-state index in [1.807, 2.05) is 44.5 Å². The number of amides is 1. The fourth-order valence-electron chi connectivity index (χ4n) is 2.58. The van der Waals surface area contributed by atoms with E-state index in [2.05, 4.69) is 10.3 Å². The van der Waals surface area contributed by atoms with Crippen LogP contribution in [0.5, 0.6) is 0 Å². The number of nitrogens with zero attached hydrogens (tertiary/aromatic N) is 3. The molecule has 0 heterocycles. The minimum absolute atomic E-state index is 0.112. The Kier molecular flexibility index (Phi) is 14.4. The minimum Gasteiger partial charge on any atom is -0.466 e. The molecular formula is C19H38N4O3. The van der Waals surface area contributed by atoms with Crippen molar-refractivity contribution in [2.45, 2.75) is 59.8 Å². The summed E-state index contributed by atoms with van der Waals surface area (Å²) in [4.78, 5) is 31.8. The molecule has 7 nitrogen and oxygen atoms in total. The lowest BCUT2D eigenvalue weighted by atomic mass is 10.1. The summed E-state index contributed by atoms with van der Waals surface area (Å²) in [5, 5.41) is 3.24. The highest BCUT2D eigenvalue weighted by Crippen LogP contribution is 2.04. The van der Waals surface area contributed by atoms with Gasteiger partial charge in [-0.2, -0.15) is 0 Å². The van der Waals surface area contributed by atoms with Crippen LogP contribution in [0.15, 0.2) is 4.99 Å². The van der Waals surface area contributed by atoms with Gasteiger partial charge in [-0.25, -0.2) is 0 Å². The molecule has 1 N–H and O–H groups in total. The zero-order valence-electron chi connectivity index (χ0n) is 17.3. The molecule has 152 valence electrons. The van der Waals surface area contributed by atoms with Gasteiger partial charge in [-0.15, -0.1) is 0 Å². The number of hydrogen-bond donors (Lipinski definition) is 1. The Labute approximate surface area is 159 Å². The van der Waals surface area contributed by atoms with Gasteiger partial charge in [-0.3, -0.25) is 14.6 Å². The molecule has 0 radical (unpaired) electrons. The zero-order chi connectivity index (χ0) is 19.8. The first-order valence-electron chi connectivity index (χ1n) is 9.92. The SMILES string of the molecule is CCNC(=NCCCCCCC(=O)OCC)N(C)CC(=O)N(CC)CC. The quantitative estimate of drug-likeness (QED) is 0.233. The van der Waals surface area contributed by atoms with E-state index in [9.17, 15) is 9.59 Å². The van der Waals surface area contributed by atoms with Crippen molar-refractivity contribution in [3.8, 4) is 0 Å². The van der Waals surface area contributed by atoms with Crippen LogP contribution in [0.2, 0.25) is 0 Å². The molecule has 0 unspecified atom stereocenters. The number of nitrogens with one attached hydrogen (secondary N) is 1. The molecule has 0 aromatic heterocycles. The number of carbonyl (C=O) groups excluding carboxylic acids is 2. The Balaban J connectivity index is 4.22. The van der Waals surface area contributed by atoms with Gasteiger partial charge in [0.25, 0.3) is 0 Å². The van der Waals surface area contributed by atoms with Gasteiger partial charge in [-0.1, -0.05) is 12.8 Å². The van der Waals surface area contributed by atoms with Crippen molar-refractivity contribution in [2.75, 3.05) is 46.4 Å². The van der Waals surface area contributed by atoms with Crippen LogP contribution in [-0.2, 0) is 14.3 Å². The predicted molar refractivity (Wildman–Crippen MR) is 106 cm³/mol. The van der Waals surface area contributed by atoms with Crippen molar-refractivity contribution < 1.29 is 14.3 Å². The van der Waals surface area contributed by atoms with Gasteiger partial charge >= 0.3 is 5.97 Å². The molecular weight excluding hydrogens is 332 g/mol. The number of likely N-dealkylation sites (N-methyl/N-ethyl adjacent to an activating group) is 2. The van der Waals surface area contributed by atoms with E-state index in [4.69, 9.17) is 4.74 Å². The fraction of sp³-hybridized carbons (Fsp3) is 0.842. The van der Waals surface area contributed by atoms with Gasteiger partial charge in [0.15, 0.2) is 5.96 Å². The lowest BCUT2D eigenvalue weighted by Crippen LogP contribution is -2.45. The maximum Gasteiger partial charge on any atom is 0.305 e. The Morgan fingerprint density at radius 1 is 1.00 bits per heavy atom. The largest absolute Gasteiger partial charge is 0.466 e. The molecule has 0 spiro atoms. The van der Waals surface area contributed by atoms with Crippen molar-refractivity contribution in [1.82, 2.24) is 15.1 Å². The molecule has 1 amide bonds. The summed E-state index contributed by atoms with van der Waals surface area (Å²) in [5.74, 6) is 0.765. The number of hydrogen-bond acceptors (Lipinski definition) is 4. The maximum absolute atomic E-state index is 12.2. The summed E-state index contributed by atoms with van der Waals surface area (Å²) in [6.07, 6.45) is 4.36. The van der Waals surface area contributed by atoms with Gasteiger partial charge in [0.1, 0.15) is 0 Å². The van der Waals surface area contributed by atoms with Gasteiger partial charge in [-0.05, 0) is 40.5 Å². The highest BCUT2D eigenvalue weighted by Gasteiger charge is 2.14. The molecule has 0 saturated heterocycles. The van der Waals surface area contributed by atoms with Gasteiger partial charge in [0, 0.05) is 39.6 Å². The summed E-state index contributed by atoms with van der Waals surface area (Å²) in [7, 11) is 1.89. The molecule has 0 saturated carbocycles. The molecule has 0 bridgehead atoms. The molecule has 0 atom stereocenters. The van der Waals surface area contributed by atoms with Crippen molar-refractivity contribution >= 4 is 17.8 Å². The summed E-state index contributed by atoms with van der Waals surface area (Å²) in [6.45, 7) is 11.5. The lowest BCUT2D eigenvalue weighted by Gasteiger charge is -2.25. The Morgan fingerprint density at radius 2 is 1.65 bits per heavy atom. The number of carbonyl (C=O) groups is 2. The van der Waals surface area contributed by atoms with Crippen LogP contribution >= 0.6 is 0 Å². The molecule has 0 aliphatic carbocycles. The number of aliphatic imine (C=N–C) groups is 1. The number of rotatable bonds is 13. The molecule has 0 aliphatic rings. The second-order valence-corrected chi connectivity index (χ2v) is 6.13. The van der Waals surface area contributed by atoms with Crippen molar-refractivity contribution in [1.29, 1.82) is 0 Å². The Hall–Kier alpha value is -1.79. The summed E-state index contributed by atoms with van der Waals surface area (Å²) < 4.78 is 4.91. The minimum atomic E-state index is -0.112. The van der Waals surface area contributed by atoms with Crippen LogP contribution in [0.4, 0.5) is 0 Å². The Bertz CT molecular complexity index is 423. The number of unbranched alkanes of at least 4 members (excludes halogenated alkanes) is 3. The molecule has 0 fully saturated rings. The number of ether oxygens (including phenoxy) is 1. The van der Waals surface area contributed by atoms with Crippen molar-refractivity contribution in [3.05, 3.63) is 0 Å². The number of esters is 1. The normalized spacial score (nSPS) is 11.2. The second kappa shape index (κ2) is 15.5. The maximum atomic E-state index is 12.2.